The molecule has 1 heterocycles. The van der Waals surface area contributed by atoms with E-state index in [1.54, 1.807) is 32.6 Å². The molecule has 0 saturated carbocycles. The van der Waals surface area contributed by atoms with E-state index in [0.717, 1.165) is 22.0 Å². The number of fused-ring (bicyclic) bond motifs is 1. The topological polar surface area (TPSA) is 60.5 Å². The minimum absolute atomic E-state index is 0.224. The number of nitrogens with zero attached hydrogens (tertiary/aromatic N) is 1. The van der Waals surface area contributed by atoms with Crippen LogP contribution in [-0.4, -0.2) is 25.1 Å². The van der Waals surface area contributed by atoms with Crippen molar-refractivity contribution in [3.63, 3.8) is 0 Å². The standard InChI is InChI=1S/C21H20N2O3/c1-14(17-10-9-16(25-2)13-19(17)26-3)12-20(24)23-18-8-4-6-15-7-5-11-22-21(15)18/h4-13H,1-3H3,(H,23,24)/b14-12+. The molecule has 0 aliphatic heterocycles. The number of hydrogen-bond acceptors (Lipinski definition) is 4. The lowest BCUT2D eigenvalue weighted by Gasteiger charge is -2.11. The predicted octanol–water partition coefficient (Wildman–Crippen LogP) is 4.29. The molecule has 3 aromatic rings. The van der Waals surface area contributed by atoms with Gasteiger partial charge in [0.2, 0.25) is 5.91 Å². The number of methoxy groups -OCH3 is 2. The molecule has 0 spiro atoms. The second kappa shape index (κ2) is 7.70. The van der Waals surface area contributed by atoms with Crippen LogP contribution in [0.2, 0.25) is 0 Å². The van der Waals surface area contributed by atoms with E-state index in [1.807, 2.05) is 49.4 Å². The first kappa shape index (κ1) is 17.5. The monoisotopic (exact) mass is 348 g/mol. The molecule has 132 valence electrons. The van der Waals surface area contributed by atoms with Crippen LogP contribution in [0.5, 0.6) is 11.5 Å². The van der Waals surface area contributed by atoms with Crippen molar-refractivity contribution in [2.24, 2.45) is 0 Å². The first-order chi connectivity index (χ1) is 12.6. The molecule has 1 aromatic heterocycles. The van der Waals surface area contributed by atoms with Crippen molar-refractivity contribution < 1.29 is 14.3 Å². The number of amides is 1. The van der Waals surface area contributed by atoms with Crippen molar-refractivity contribution in [1.82, 2.24) is 4.98 Å². The van der Waals surface area contributed by atoms with Crippen molar-refractivity contribution in [3.05, 3.63) is 66.4 Å². The molecule has 0 saturated heterocycles. The van der Waals surface area contributed by atoms with Crippen molar-refractivity contribution in [2.75, 3.05) is 19.5 Å². The van der Waals surface area contributed by atoms with Gasteiger partial charge in [-0.25, -0.2) is 0 Å². The fraction of sp³-hybridized carbons (Fsp3) is 0.143. The van der Waals surface area contributed by atoms with Crippen LogP contribution in [0.25, 0.3) is 16.5 Å². The second-order valence-corrected chi connectivity index (χ2v) is 5.76. The van der Waals surface area contributed by atoms with Gasteiger partial charge in [0.05, 0.1) is 25.4 Å². The Labute approximate surface area is 152 Å². The minimum atomic E-state index is -0.224. The average Bonchev–Trinajstić information content (AvgIpc) is 2.67. The van der Waals surface area contributed by atoms with E-state index in [1.165, 1.54) is 0 Å². The third-order valence-corrected chi connectivity index (χ3v) is 4.07. The van der Waals surface area contributed by atoms with E-state index in [2.05, 4.69) is 10.3 Å². The zero-order valence-corrected chi connectivity index (χ0v) is 14.9. The van der Waals surface area contributed by atoms with Gasteiger partial charge in [0, 0.05) is 29.3 Å². The SMILES string of the molecule is COc1ccc(/C(C)=C/C(=O)Nc2cccc3cccnc23)c(OC)c1. The van der Waals surface area contributed by atoms with Gasteiger partial charge in [0.15, 0.2) is 0 Å². The Hall–Kier alpha value is -3.34. The van der Waals surface area contributed by atoms with Crippen molar-refractivity contribution in [1.29, 1.82) is 0 Å². The minimum Gasteiger partial charge on any atom is -0.497 e. The summed E-state index contributed by atoms with van der Waals surface area (Å²) in [4.78, 5) is 16.8. The number of carbonyl (C=O) groups excluding carboxylic acids is 1. The third-order valence-electron chi connectivity index (χ3n) is 4.07. The van der Waals surface area contributed by atoms with E-state index in [4.69, 9.17) is 9.47 Å². The summed E-state index contributed by atoms with van der Waals surface area (Å²) in [5.41, 5.74) is 3.06. The summed E-state index contributed by atoms with van der Waals surface area (Å²) < 4.78 is 10.6. The van der Waals surface area contributed by atoms with Crippen LogP contribution in [-0.2, 0) is 4.79 Å². The average molecular weight is 348 g/mol. The number of pyridine rings is 1. The maximum absolute atomic E-state index is 12.5. The Morgan fingerprint density at radius 2 is 1.88 bits per heavy atom. The molecule has 26 heavy (non-hydrogen) atoms. The van der Waals surface area contributed by atoms with Crippen LogP contribution in [0.15, 0.2) is 60.8 Å². The highest BCUT2D eigenvalue weighted by Crippen LogP contribution is 2.30. The first-order valence-corrected chi connectivity index (χ1v) is 8.18. The summed E-state index contributed by atoms with van der Waals surface area (Å²) in [6.07, 6.45) is 3.26. The first-order valence-electron chi connectivity index (χ1n) is 8.18. The molecule has 0 aliphatic rings. The van der Waals surface area contributed by atoms with Crippen LogP contribution < -0.4 is 14.8 Å². The smallest absolute Gasteiger partial charge is 0.248 e. The van der Waals surface area contributed by atoms with E-state index < -0.39 is 0 Å². The van der Waals surface area contributed by atoms with Crippen molar-refractivity contribution >= 4 is 28.1 Å². The number of hydrogen-bond donors (Lipinski definition) is 1. The second-order valence-electron chi connectivity index (χ2n) is 5.76. The molecular weight excluding hydrogens is 328 g/mol. The Kier molecular flexibility index (Phi) is 5.17. The van der Waals surface area contributed by atoms with Crippen LogP contribution in [0.3, 0.4) is 0 Å². The number of anilines is 1. The summed E-state index contributed by atoms with van der Waals surface area (Å²) in [5, 5.41) is 3.88. The number of allylic oxidation sites excluding steroid dienone is 1. The summed E-state index contributed by atoms with van der Waals surface area (Å²) in [5.74, 6) is 1.13. The lowest BCUT2D eigenvalue weighted by molar-refractivity contribution is -0.111. The van der Waals surface area contributed by atoms with Gasteiger partial charge in [0.1, 0.15) is 11.5 Å². The Morgan fingerprint density at radius 3 is 2.65 bits per heavy atom. The Morgan fingerprint density at radius 1 is 1.08 bits per heavy atom. The van der Waals surface area contributed by atoms with E-state index in [-0.39, 0.29) is 5.91 Å². The maximum Gasteiger partial charge on any atom is 0.248 e. The molecule has 2 aromatic carbocycles. The normalized spacial score (nSPS) is 11.3. The fourth-order valence-corrected chi connectivity index (χ4v) is 2.77. The largest absolute Gasteiger partial charge is 0.497 e. The molecular formula is C21H20N2O3. The lowest BCUT2D eigenvalue weighted by atomic mass is 10.1. The van der Waals surface area contributed by atoms with E-state index >= 15 is 0 Å². The number of nitrogens with one attached hydrogen (secondary N) is 1. The molecule has 0 atom stereocenters. The van der Waals surface area contributed by atoms with Crippen molar-refractivity contribution in [2.45, 2.75) is 6.92 Å². The number of para-hydroxylation sites is 1. The van der Waals surface area contributed by atoms with Crippen LogP contribution in [0.4, 0.5) is 5.69 Å². The molecule has 0 radical (unpaired) electrons. The predicted molar refractivity (Wildman–Crippen MR) is 104 cm³/mol. The zero-order valence-electron chi connectivity index (χ0n) is 14.9. The number of rotatable bonds is 5. The number of ether oxygens (including phenoxy) is 2. The van der Waals surface area contributed by atoms with Crippen molar-refractivity contribution in [3.8, 4) is 11.5 Å². The van der Waals surface area contributed by atoms with Gasteiger partial charge in [-0.2, -0.15) is 0 Å². The lowest BCUT2D eigenvalue weighted by Crippen LogP contribution is -2.09. The van der Waals surface area contributed by atoms with E-state index in [0.29, 0.717) is 17.2 Å². The molecule has 0 aliphatic carbocycles. The molecule has 0 bridgehead atoms. The zero-order chi connectivity index (χ0) is 18.5. The molecule has 1 N–H and O–H groups in total. The highest BCUT2D eigenvalue weighted by atomic mass is 16.5. The van der Waals surface area contributed by atoms with Gasteiger partial charge < -0.3 is 14.8 Å². The van der Waals surface area contributed by atoms with Gasteiger partial charge in [-0.05, 0) is 36.8 Å². The quantitative estimate of drug-likeness (QED) is 0.699. The summed E-state index contributed by atoms with van der Waals surface area (Å²) >= 11 is 0. The molecule has 3 rings (SSSR count). The van der Waals surface area contributed by atoms with Gasteiger partial charge in [-0.1, -0.05) is 18.2 Å². The van der Waals surface area contributed by atoms with Crippen LogP contribution in [0.1, 0.15) is 12.5 Å². The maximum atomic E-state index is 12.5. The van der Waals surface area contributed by atoms with Gasteiger partial charge in [-0.3, -0.25) is 9.78 Å². The molecule has 0 unspecified atom stereocenters. The van der Waals surface area contributed by atoms with E-state index in [9.17, 15) is 4.79 Å². The third kappa shape index (κ3) is 3.67. The Balaban J connectivity index is 1.86. The van der Waals surface area contributed by atoms with Gasteiger partial charge in [0.25, 0.3) is 0 Å². The highest BCUT2D eigenvalue weighted by Gasteiger charge is 2.10. The van der Waals surface area contributed by atoms with Crippen LogP contribution in [0, 0.1) is 0 Å². The summed E-state index contributed by atoms with van der Waals surface area (Å²) in [7, 11) is 3.19. The van der Waals surface area contributed by atoms with Gasteiger partial charge >= 0.3 is 0 Å². The number of aromatic nitrogens is 1. The number of benzene rings is 2. The van der Waals surface area contributed by atoms with Crippen LogP contribution >= 0.6 is 0 Å². The highest BCUT2D eigenvalue weighted by molar-refractivity contribution is 6.07. The fourth-order valence-electron chi connectivity index (χ4n) is 2.77. The molecule has 1 amide bonds. The number of carbonyl (C=O) groups is 1. The summed E-state index contributed by atoms with van der Waals surface area (Å²) in [6.45, 7) is 1.87. The summed E-state index contributed by atoms with van der Waals surface area (Å²) in [6, 6.07) is 15.0. The molecule has 5 nitrogen and oxygen atoms in total. The molecule has 0 fully saturated rings. The Bertz CT molecular complexity index is 975. The molecule has 5 heteroatoms. The van der Waals surface area contributed by atoms with Gasteiger partial charge in [-0.15, -0.1) is 0 Å².